The molecule has 1 aromatic heterocycles. The molecule has 3 aromatic rings. The van der Waals surface area contributed by atoms with E-state index in [0.29, 0.717) is 10.0 Å². The van der Waals surface area contributed by atoms with E-state index < -0.39 is 0 Å². The van der Waals surface area contributed by atoms with Crippen molar-refractivity contribution >= 4 is 39.8 Å². The Hall–Kier alpha value is -1.81. The van der Waals surface area contributed by atoms with Gasteiger partial charge in [0.25, 0.3) is 0 Å². The highest BCUT2D eigenvalue weighted by molar-refractivity contribution is 6.37. The maximum Gasteiger partial charge on any atom is 0.136 e. The van der Waals surface area contributed by atoms with Crippen LogP contribution in [0.3, 0.4) is 0 Å². The summed E-state index contributed by atoms with van der Waals surface area (Å²) >= 11 is 12.9. The molecule has 2 aromatic carbocycles. The van der Waals surface area contributed by atoms with Crippen molar-refractivity contribution in [3.8, 4) is 11.1 Å². The van der Waals surface area contributed by atoms with Crippen LogP contribution in [0.1, 0.15) is 0 Å². The van der Waals surface area contributed by atoms with E-state index in [4.69, 9.17) is 23.2 Å². The lowest BCUT2D eigenvalue weighted by Gasteiger charge is -2.29. The number of aromatic nitrogens is 1. The van der Waals surface area contributed by atoms with E-state index in [0.717, 1.165) is 53.9 Å². The minimum Gasteiger partial charge on any atom is -0.354 e. The Morgan fingerprint density at radius 2 is 1.71 bits per heavy atom. The third-order valence-electron chi connectivity index (χ3n) is 4.41. The van der Waals surface area contributed by atoms with Gasteiger partial charge < -0.3 is 10.2 Å². The molecule has 24 heavy (non-hydrogen) atoms. The normalized spacial score (nSPS) is 15.0. The van der Waals surface area contributed by atoms with Crippen LogP contribution in [0.2, 0.25) is 10.0 Å². The molecule has 0 spiro atoms. The van der Waals surface area contributed by atoms with Gasteiger partial charge in [-0.25, -0.2) is 4.98 Å². The summed E-state index contributed by atoms with van der Waals surface area (Å²) in [7, 11) is 0. The second kappa shape index (κ2) is 6.60. The summed E-state index contributed by atoms with van der Waals surface area (Å²) < 4.78 is 0. The fourth-order valence-electron chi connectivity index (χ4n) is 3.19. The van der Waals surface area contributed by atoms with Gasteiger partial charge in [0, 0.05) is 58.9 Å². The number of rotatable bonds is 2. The number of halogens is 2. The van der Waals surface area contributed by atoms with E-state index in [1.807, 2.05) is 42.6 Å². The SMILES string of the molecule is Clc1ccccc1-c1cc2c(N3CCNCC3)nccc2cc1Cl. The summed E-state index contributed by atoms with van der Waals surface area (Å²) in [6.07, 6.45) is 1.85. The van der Waals surface area contributed by atoms with Crippen LogP contribution in [0.25, 0.3) is 21.9 Å². The van der Waals surface area contributed by atoms with Gasteiger partial charge in [-0.1, -0.05) is 41.4 Å². The number of pyridine rings is 1. The Balaban J connectivity index is 1.90. The van der Waals surface area contributed by atoms with E-state index in [9.17, 15) is 0 Å². The molecule has 0 atom stereocenters. The molecule has 0 bridgehead atoms. The van der Waals surface area contributed by atoms with Gasteiger partial charge in [0.2, 0.25) is 0 Å². The third-order valence-corrected chi connectivity index (χ3v) is 5.05. The first-order chi connectivity index (χ1) is 11.7. The standard InChI is InChI=1S/C19H17Cl2N3/c20-17-4-2-1-3-14(17)16-12-15-13(11-18(16)21)5-6-23-19(15)24-9-7-22-8-10-24/h1-6,11-12,22H,7-10H2. The molecule has 122 valence electrons. The summed E-state index contributed by atoms with van der Waals surface area (Å²) in [6.45, 7) is 3.86. The molecular weight excluding hydrogens is 341 g/mol. The highest BCUT2D eigenvalue weighted by Gasteiger charge is 2.17. The number of piperazine rings is 1. The van der Waals surface area contributed by atoms with E-state index in [1.165, 1.54) is 0 Å². The van der Waals surface area contributed by atoms with Crippen LogP contribution in [0.15, 0.2) is 48.7 Å². The number of nitrogens with one attached hydrogen (secondary N) is 1. The van der Waals surface area contributed by atoms with Crippen molar-refractivity contribution in [2.45, 2.75) is 0 Å². The van der Waals surface area contributed by atoms with Crippen LogP contribution in [0.5, 0.6) is 0 Å². The zero-order chi connectivity index (χ0) is 16.5. The lowest BCUT2D eigenvalue weighted by atomic mass is 10.0. The van der Waals surface area contributed by atoms with Crippen molar-refractivity contribution in [2.75, 3.05) is 31.1 Å². The number of hydrogen-bond acceptors (Lipinski definition) is 3. The van der Waals surface area contributed by atoms with Gasteiger partial charge in [0.15, 0.2) is 0 Å². The van der Waals surface area contributed by atoms with E-state index in [2.05, 4.69) is 21.3 Å². The van der Waals surface area contributed by atoms with Gasteiger partial charge in [-0.3, -0.25) is 0 Å². The maximum atomic E-state index is 6.55. The average molecular weight is 358 g/mol. The number of benzene rings is 2. The van der Waals surface area contributed by atoms with Crippen molar-refractivity contribution in [3.63, 3.8) is 0 Å². The molecule has 3 nitrogen and oxygen atoms in total. The van der Waals surface area contributed by atoms with E-state index in [-0.39, 0.29) is 0 Å². The quantitative estimate of drug-likeness (QED) is 0.725. The zero-order valence-electron chi connectivity index (χ0n) is 13.1. The minimum absolute atomic E-state index is 0.700. The Labute approximate surface area is 151 Å². The van der Waals surface area contributed by atoms with Crippen molar-refractivity contribution in [1.82, 2.24) is 10.3 Å². The second-order valence-corrected chi connectivity index (χ2v) is 6.72. The molecule has 0 radical (unpaired) electrons. The molecule has 1 saturated heterocycles. The lowest BCUT2D eigenvalue weighted by Crippen LogP contribution is -2.43. The van der Waals surface area contributed by atoms with Crippen molar-refractivity contribution in [3.05, 3.63) is 58.7 Å². The Bertz CT molecular complexity index is 889. The maximum absolute atomic E-state index is 6.55. The summed E-state index contributed by atoms with van der Waals surface area (Å²) in [5, 5.41) is 6.99. The largest absolute Gasteiger partial charge is 0.354 e. The topological polar surface area (TPSA) is 28.2 Å². The summed E-state index contributed by atoms with van der Waals surface area (Å²) in [4.78, 5) is 6.96. The van der Waals surface area contributed by atoms with E-state index in [1.54, 1.807) is 0 Å². The summed E-state index contributed by atoms with van der Waals surface area (Å²) in [5.41, 5.74) is 1.89. The first-order valence-corrected chi connectivity index (χ1v) is 8.78. The van der Waals surface area contributed by atoms with Gasteiger partial charge in [0.1, 0.15) is 5.82 Å². The van der Waals surface area contributed by atoms with Crippen molar-refractivity contribution < 1.29 is 0 Å². The molecule has 1 N–H and O–H groups in total. The Morgan fingerprint density at radius 1 is 0.917 bits per heavy atom. The monoisotopic (exact) mass is 357 g/mol. The lowest BCUT2D eigenvalue weighted by molar-refractivity contribution is 0.586. The van der Waals surface area contributed by atoms with Crippen LogP contribution in [-0.2, 0) is 0 Å². The Morgan fingerprint density at radius 3 is 2.50 bits per heavy atom. The summed E-state index contributed by atoms with van der Waals surface area (Å²) in [5.74, 6) is 1.01. The molecule has 1 aliphatic heterocycles. The highest BCUT2D eigenvalue weighted by Crippen LogP contribution is 2.38. The van der Waals surface area contributed by atoms with Gasteiger partial charge >= 0.3 is 0 Å². The third kappa shape index (κ3) is 2.84. The van der Waals surface area contributed by atoms with Crippen molar-refractivity contribution in [2.24, 2.45) is 0 Å². The van der Waals surface area contributed by atoms with Crippen LogP contribution in [0, 0.1) is 0 Å². The van der Waals surface area contributed by atoms with Crippen LogP contribution < -0.4 is 10.2 Å². The van der Waals surface area contributed by atoms with Gasteiger partial charge in [-0.2, -0.15) is 0 Å². The predicted octanol–water partition coefficient (Wildman–Crippen LogP) is 4.62. The van der Waals surface area contributed by atoms with Crippen molar-refractivity contribution in [1.29, 1.82) is 0 Å². The summed E-state index contributed by atoms with van der Waals surface area (Å²) in [6, 6.07) is 13.9. The van der Waals surface area contributed by atoms with Gasteiger partial charge in [-0.05, 0) is 29.7 Å². The molecule has 0 aliphatic carbocycles. The molecule has 4 rings (SSSR count). The molecular formula is C19H17Cl2N3. The molecule has 2 heterocycles. The minimum atomic E-state index is 0.700. The number of hydrogen-bond donors (Lipinski definition) is 1. The van der Waals surface area contributed by atoms with Crippen LogP contribution in [-0.4, -0.2) is 31.2 Å². The Kier molecular flexibility index (Phi) is 4.31. The first kappa shape index (κ1) is 15.7. The van der Waals surface area contributed by atoms with Crippen LogP contribution >= 0.6 is 23.2 Å². The molecule has 0 saturated carbocycles. The van der Waals surface area contributed by atoms with Crippen LogP contribution in [0.4, 0.5) is 5.82 Å². The average Bonchev–Trinajstić information content (AvgIpc) is 2.62. The fourth-order valence-corrected chi connectivity index (χ4v) is 3.70. The van der Waals surface area contributed by atoms with E-state index >= 15 is 0 Å². The number of anilines is 1. The molecule has 5 heteroatoms. The second-order valence-electron chi connectivity index (χ2n) is 5.90. The molecule has 0 amide bonds. The number of nitrogens with zero attached hydrogens (tertiary/aromatic N) is 2. The fraction of sp³-hybridized carbons (Fsp3) is 0.211. The van der Waals surface area contributed by atoms with Gasteiger partial charge in [0.05, 0.1) is 0 Å². The molecule has 1 aliphatic rings. The highest BCUT2D eigenvalue weighted by atomic mass is 35.5. The molecule has 1 fully saturated rings. The zero-order valence-corrected chi connectivity index (χ0v) is 14.6. The predicted molar refractivity (Wildman–Crippen MR) is 102 cm³/mol. The number of fused-ring (bicyclic) bond motifs is 1. The first-order valence-electron chi connectivity index (χ1n) is 8.03. The smallest absolute Gasteiger partial charge is 0.136 e. The molecule has 0 unspecified atom stereocenters. The van der Waals surface area contributed by atoms with Gasteiger partial charge in [-0.15, -0.1) is 0 Å².